The zero-order valence-corrected chi connectivity index (χ0v) is 15.1. The highest BCUT2D eigenvalue weighted by Crippen LogP contribution is 2.18. The first-order valence-corrected chi connectivity index (χ1v) is 8.53. The molecule has 0 unspecified atom stereocenters. The Morgan fingerprint density at radius 3 is 2.50 bits per heavy atom. The molecule has 1 amide bonds. The maximum absolute atomic E-state index is 12.9. The SMILES string of the molecule is Cc1ccc(C)c(NC(=O)[C@H]([NH2+]CC[NH+](C)C)c2ccccc2)c1. The van der Waals surface area contributed by atoms with E-state index in [1.165, 1.54) is 4.90 Å². The minimum absolute atomic E-state index is 0.0312. The second-order valence-corrected chi connectivity index (χ2v) is 6.68. The van der Waals surface area contributed by atoms with Gasteiger partial charge in [0.2, 0.25) is 0 Å². The molecule has 0 aliphatic heterocycles. The smallest absolute Gasteiger partial charge is 0.287 e. The van der Waals surface area contributed by atoms with Crippen LogP contribution in [0.25, 0.3) is 0 Å². The summed E-state index contributed by atoms with van der Waals surface area (Å²) in [6.07, 6.45) is 0. The molecule has 0 bridgehead atoms. The molecule has 0 aliphatic carbocycles. The predicted octanol–water partition coefficient (Wildman–Crippen LogP) is 0.691. The van der Waals surface area contributed by atoms with Crippen LogP contribution in [-0.4, -0.2) is 33.1 Å². The van der Waals surface area contributed by atoms with Crippen LogP contribution in [0.15, 0.2) is 48.5 Å². The molecule has 0 saturated carbocycles. The summed E-state index contributed by atoms with van der Waals surface area (Å²) in [4.78, 5) is 14.3. The van der Waals surface area contributed by atoms with Gasteiger partial charge in [-0.05, 0) is 31.0 Å². The van der Waals surface area contributed by atoms with Crippen molar-refractivity contribution in [1.29, 1.82) is 0 Å². The number of aryl methyl sites for hydroxylation is 2. The maximum atomic E-state index is 12.9. The topological polar surface area (TPSA) is 50.1 Å². The average molecular weight is 327 g/mol. The van der Waals surface area contributed by atoms with E-state index >= 15 is 0 Å². The van der Waals surface area contributed by atoms with Gasteiger partial charge in [-0.3, -0.25) is 4.79 Å². The van der Waals surface area contributed by atoms with Gasteiger partial charge in [0.25, 0.3) is 5.91 Å². The molecule has 2 aromatic rings. The van der Waals surface area contributed by atoms with E-state index in [1.54, 1.807) is 0 Å². The van der Waals surface area contributed by atoms with Gasteiger partial charge in [-0.2, -0.15) is 0 Å². The Hall–Kier alpha value is -2.17. The first-order chi connectivity index (χ1) is 11.5. The Balaban J connectivity index is 2.16. The van der Waals surface area contributed by atoms with Gasteiger partial charge in [-0.25, -0.2) is 0 Å². The van der Waals surface area contributed by atoms with Gasteiger partial charge in [0.1, 0.15) is 13.1 Å². The third kappa shape index (κ3) is 5.18. The van der Waals surface area contributed by atoms with Gasteiger partial charge >= 0.3 is 0 Å². The zero-order valence-electron chi connectivity index (χ0n) is 15.1. The number of likely N-dealkylation sites (N-methyl/N-ethyl adjacent to an activating group) is 1. The standard InChI is InChI=1S/C20H27N3O/c1-15-10-11-16(2)18(14-15)22-20(24)19(21-12-13-23(3)4)17-8-6-5-7-9-17/h5-11,14,19,21H,12-13H2,1-4H3,(H,22,24)/p+2/t19-/m1/s1. The van der Waals surface area contributed by atoms with Crippen LogP contribution in [0.2, 0.25) is 0 Å². The highest BCUT2D eigenvalue weighted by atomic mass is 16.2. The summed E-state index contributed by atoms with van der Waals surface area (Å²) in [7, 11) is 4.25. The van der Waals surface area contributed by atoms with Crippen molar-refractivity contribution in [1.82, 2.24) is 0 Å². The van der Waals surface area contributed by atoms with E-state index in [0.29, 0.717) is 0 Å². The minimum atomic E-state index is -0.231. The number of carbonyl (C=O) groups is 1. The van der Waals surface area contributed by atoms with E-state index in [0.717, 1.165) is 35.5 Å². The number of nitrogens with two attached hydrogens (primary N) is 1. The Morgan fingerprint density at radius 1 is 1.12 bits per heavy atom. The molecule has 2 rings (SSSR count). The quantitative estimate of drug-likeness (QED) is 0.689. The normalized spacial score (nSPS) is 12.2. The molecule has 2 aromatic carbocycles. The Kier molecular flexibility index (Phi) is 6.53. The van der Waals surface area contributed by atoms with Gasteiger partial charge in [0.15, 0.2) is 6.04 Å². The molecule has 0 fully saturated rings. The van der Waals surface area contributed by atoms with Crippen LogP contribution in [0.3, 0.4) is 0 Å². The van der Waals surface area contributed by atoms with Crippen molar-refractivity contribution >= 4 is 11.6 Å². The molecule has 4 nitrogen and oxygen atoms in total. The minimum Gasteiger partial charge on any atom is -0.335 e. The molecule has 0 spiro atoms. The molecule has 24 heavy (non-hydrogen) atoms. The monoisotopic (exact) mass is 327 g/mol. The number of amides is 1. The highest BCUT2D eigenvalue weighted by molar-refractivity contribution is 5.95. The van der Waals surface area contributed by atoms with Crippen molar-refractivity contribution < 1.29 is 15.0 Å². The number of nitrogens with one attached hydrogen (secondary N) is 2. The third-order valence-electron chi connectivity index (χ3n) is 4.14. The molecule has 4 heteroatoms. The van der Waals surface area contributed by atoms with Gasteiger partial charge in [-0.15, -0.1) is 0 Å². The second kappa shape index (κ2) is 8.62. The summed E-state index contributed by atoms with van der Waals surface area (Å²) in [6, 6.07) is 15.9. The van der Waals surface area contributed by atoms with Crippen LogP contribution < -0.4 is 15.5 Å². The number of hydrogen-bond acceptors (Lipinski definition) is 1. The largest absolute Gasteiger partial charge is 0.335 e. The van der Waals surface area contributed by atoms with Crippen molar-refractivity contribution in [2.24, 2.45) is 0 Å². The fraction of sp³-hybridized carbons (Fsp3) is 0.350. The van der Waals surface area contributed by atoms with E-state index in [4.69, 9.17) is 0 Å². The molecule has 4 N–H and O–H groups in total. The number of benzene rings is 2. The summed E-state index contributed by atoms with van der Waals surface area (Å²) in [6.45, 7) is 5.98. The van der Waals surface area contributed by atoms with Crippen molar-refractivity contribution in [3.8, 4) is 0 Å². The lowest BCUT2D eigenvalue weighted by Crippen LogP contribution is -3.09. The lowest BCUT2D eigenvalue weighted by atomic mass is 10.1. The molecule has 0 heterocycles. The van der Waals surface area contributed by atoms with E-state index in [9.17, 15) is 4.79 Å². The Labute approximate surface area is 144 Å². The Bertz CT molecular complexity index is 668. The lowest BCUT2D eigenvalue weighted by molar-refractivity contribution is -0.876. The molecular formula is C20H29N3O+2. The summed E-state index contributed by atoms with van der Waals surface area (Å²) >= 11 is 0. The fourth-order valence-electron chi connectivity index (χ4n) is 2.67. The number of carbonyl (C=O) groups excluding carboxylic acids is 1. The van der Waals surface area contributed by atoms with Gasteiger partial charge in [0, 0.05) is 11.3 Å². The highest BCUT2D eigenvalue weighted by Gasteiger charge is 2.24. The number of quaternary nitrogens is 2. The van der Waals surface area contributed by atoms with Crippen LogP contribution in [0.4, 0.5) is 5.69 Å². The summed E-state index contributed by atoms with van der Waals surface area (Å²) < 4.78 is 0. The third-order valence-corrected chi connectivity index (χ3v) is 4.14. The molecular weight excluding hydrogens is 298 g/mol. The average Bonchev–Trinajstić information content (AvgIpc) is 2.55. The van der Waals surface area contributed by atoms with Crippen LogP contribution in [0.1, 0.15) is 22.7 Å². The summed E-state index contributed by atoms with van der Waals surface area (Å²) in [5.74, 6) is 0.0312. The maximum Gasteiger partial charge on any atom is 0.287 e. The number of anilines is 1. The van der Waals surface area contributed by atoms with E-state index in [-0.39, 0.29) is 11.9 Å². The second-order valence-electron chi connectivity index (χ2n) is 6.68. The van der Waals surface area contributed by atoms with Crippen LogP contribution in [-0.2, 0) is 4.79 Å². The van der Waals surface area contributed by atoms with Gasteiger partial charge < -0.3 is 15.5 Å². The van der Waals surface area contributed by atoms with E-state index < -0.39 is 0 Å². The van der Waals surface area contributed by atoms with E-state index in [1.807, 2.05) is 56.3 Å². The molecule has 0 aliphatic rings. The van der Waals surface area contributed by atoms with E-state index in [2.05, 4.69) is 30.8 Å². The lowest BCUT2D eigenvalue weighted by Gasteiger charge is -2.17. The summed E-state index contributed by atoms with van der Waals surface area (Å²) in [5.41, 5.74) is 4.16. The predicted molar refractivity (Wildman–Crippen MR) is 98.2 cm³/mol. The van der Waals surface area contributed by atoms with Crippen LogP contribution >= 0.6 is 0 Å². The van der Waals surface area contributed by atoms with Crippen molar-refractivity contribution in [3.63, 3.8) is 0 Å². The van der Waals surface area contributed by atoms with Gasteiger partial charge in [-0.1, -0.05) is 42.5 Å². The first-order valence-electron chi connectivity index (χ1n) is 8.53. The van der Waals surface area contributed by atoms with Crippen LogP contribution in [0, 0.1) is 13.8 Å². The van der Waals surface area contributed by atoms with Crippen molar-refractivity contribution in [2.45, 2.75) is 19.9 Å². The first kappa shape index (κ1) is 18.2. The molecule has 0 radical (unpaired) electrons. The van der Waals surface area contributed by atoms with Crippen molar-refractivity contribution in [2.75, 3.05) is 32.5 Å². The number of hydrogen-bond donors (Lipinski definition) is 3. The fourth-order valence-corrected chi connectivity index (χ4v) is 2.67. The molecule has 1 atom stereocenters. The molecule has 0 aromatic heterocycles. The number of rotatable bonds is 7. The van der Waals surface area contributed by atoms with Gasteiger partial charge in [0.05, 0.1) is 14.1 Å². The molecule has 0 saturated heterocycles. The van der Waals surface area contributed by atoms with Crippen LogP contribution in [0.5, 0.6) is 0 Å². The zero-order chi connectivity index (χ0) is 17.5. The van der Waals surface area contributed by atoms with Crippen molar-refractivity contribution in [3.05, 3.63) is 65.2 Å². The molecule has 128 valence electrons. The summed E-state index contributed by atoms with van der Waals surface area (Å²) in [5, 5.41) is 5.24. The Morgan fingerprint density at radius 2 is 1.83 bits per heavy atom.